The average Bonchev–Trinajstić information content (AvgIpc) is 2.61. The molecule has 3 rings (SSSR count). The molecule has 5 heteroatoms. The topological polar surface area (TPSA) is 55.4 Å². The van der Waals surface area contributed by atoms with Crippen LogP contribution in [-0.2, 0) is 4.74 Å². The van der Waals surface area contributed by atoms with Crippen LogP contribution in [0.15, 0.2) is 60.7 Å². The lowest BCUT2D eigenvalue weighted by Gasteiger charge is -2.11. The van der Waals surface area contributed by atoms with E-state index in [0.29, 0.717) is 21.8 Å². The quantitative estimate of drug-likeness (QED) is 0.713. The van der Waals surface area contributed by atoms with Gasteiger partial charge in [-0.25, -0.2) is 4.79 Å². The molecule has 1 N–H and O–H groups in total. The smallest absolute Gasteiger partial charge is 0.339 e. The van der Waals surface area contributed by atoms with Crippen molar-refractivity contribution in [2.75, 3.05) is 12.4 Å². The third-order valence-electron chi connectivity index (χ3n) is 3.69. The molecule has 0 atom stereocenters. The van der Waals surface area contributed by atoms with Crippen LogP contribution in [0.3, 0.4) is 0 Å². The van der Waals surface area contributed by atoms with Gasteiger partial charge in [0.2, 0.25) is 0 Å². The largest absolute Gasteiger partial charge is 0.465 e. The maximum atomic E-state index is 12.7. The van der Waals surface area contributed by atoms with E-state index in [1.54, 1.807) is 48.5 Å². The molecule has 4 nitrogen and oxygen atoms in total. The first-order valence-corrected chi connectivity index (χ1v) is 7.65. The zero-order valence-corrected chi connectivity index (χ0v) is 13.6. The van der Waals surface area contributed by atoms with Gasteiger partial charge in [0.15, 0.2) is 0 Å². The van der Waals surface area contributed by atoms with E-state index in [1.165, 1.54) is 7.11 Å². The number of carbonyl (C=O) groups is 2. The zero-order valence-electron chi connectivity index (χ0n) is 12.9. The number of esters is 1. The molecule has 0 aliphatic heterocycles. The van der Waals surface area contributed by atoms with Gasteiger partial charge in [-0.2, -0.15) is 0 Å². The number of para-hydroxylation sites is 1. The zero-order chi connectivity index (χ0) is 17.1. The van der Waals surface area contributed by atoms with Gasteiger partial charge in [-0.1, -0.05) is 48.0 Å². The molecule has 0 aromatic heterocycles. The highest BCUT2D eigenvalue weighted by atomic mass is 35.5. The first-order chi connectivity index (χ1) is 11.6. The third kappa shape index (κ3) is 2.96. The number of methoxy groups -OCH3 is 1. The Labute approximate surface area is 144 Å². The van der Waals surface area contributed by atoms with Crippen LogP contribution in [0.4, 0.5) is 5.69 Å². The third-order valence-corrected chi connectivity index (χ3v) is 4.02. The second-order valence-corrected chi connectivity index (χ2v) is 5.54. The van der Waals surface area contributed by atoms with Gasteiger partial charge < -0.3 is 10.1 Å². The van der Waals surface area contributed by atoms with E-state index in [2.05, 4.69) is 5.32 Å². The summed E-state index contributed by atoms with van der Waals surface area (Å²) < 4.78 is 4.74. The van der Waals surface area contributed by atoms with Gasteiger partial charge in [0.25, 0.3) is 5.91 Å². The minimum absolute atomic E-state index is 0.298. The SMILES string of the molecule is COC(=O)c1ccccc1NC(=O)c1cccc2c(Cl)cccc12. The number of hydrogen-bond donors (Lipinski definition) is 1. The first kappa shape index (κ1) is 16.0. The lowest BCUT2D eigenvalue weighted by molar-refractivity contribution is 0.0602. The molecular formula is C19H14ClNO3. The fourth-order valence-electron chi connectivity index (χ4n) is 2.54. The standard InChI is InChI=1S/C19H14ClNO3/c1-24-19(23)15-6-2-3-11-17(15)21-18(22)14-9-4-8-13-12(14)7-5-10-16(13)20/h2-11H,1H3,(H,21,22). The summed E-state index contributed by atoms with van der Waals surface area (Å²) in [6.07, 6.45) is 0. The van der Waals surface area contributed by atoms with Crippen molar-refractivity contribution >= 4 is 39.9 Å². The maximum Gasteiger partial charge on any atom is 0.339 e. The highest BCUT2D eigenvalue weighted by Gasteiger charge is 2.16. The minimum Gasteiger partial charge on any atom is -0.465 e. The number of fused-ring (bicyclic) bond motifs is 1. The van der Waals surface area contributed by atoms with Crippen molar-refractivity contribution in [3.8, 4) is 0 Å². The van der Waals surface area contributed by atoms with E-state index in [-0.39, 0.29) is 5.91 Å². The average molecular weight is 340 g/mol. The Morgan fingerprint density at radius 3 is 2.33 bits per heavy atom. The fraction of sp³-hybridized carbons (Fsp3) is 0.0526. The van der Waals surface area contributed by atoms with Crippen molar-refractivity contribution in [1.29, 1.82) is 0 Å². The number of anilines is 1. The Morgan fingerprint density at radius 1 is 0.875 bits per heavy atom. The Bertz CT molecular complexity index is 937. The number of rotatable bonds is 3. The molecule has 0 spiro atoms. The second-order valence-electron chi connectivity index (χ2n) is 5.13. The number of halogens is 1. The Hall–Kier alpha value is -2.85. The number of amides is 1. The Balaban J connectivity index is 2.01. The van der Waals surface area contributed by atoms with E-state index in [4.69, 9.17) is 16.3 Å². The van der Waals surface area contributed by atoms with Gasteiger partial charge in [-0.05, 0) is 29.7 Å². The molecule has 3 aromatic rings. The molecule has 0 saturated heterocycles. The summed E-state index contributed by atoms with van der Waals surface area (Å²) in [5, 5.41) is 4.90. The molecule has 24 heavy (non-hydrogen) atoms. The van der Waals surface area contributed by atoms with Crippen LogP contribution in [0.1, 0.15) is 20.7 Å². The van der Waals surface area contributed by atoms with Crippen molar-refractivity contribution in [3.63, 3.8) is 0 Å². The summed E-state index contributed by atoms with van der Waals surface area (Å²) >= 11 is 6.19. The molecule has 1 amide bonds. The molecule has 3 aromatic carbocycles. The number of benzene rings is 3. The second kappa shape index (κ2) is 6.72. The van der Waals surface area contributed by atoms with Crippen LogP contribution in [0.5, 0.6) is 0 Å². The molecule has 0 unspecified atom stereocenters. The van der Waals surface area contributed by atoms with E-state index in [9.17, 15) is 9.59 Å². The van der Waals surface area contributed by atoms with Gasteiger partial charge in [0, 0.05) is 16.0 Å². The van der Waals surface area contributed by atoms with Crippen LogP contribution in [0.2, 0.25) is 5.02 Å². The number of ether oxygens (including phenoxy) is 1. The summed E-state index contributed by atoms with van der Waals surface area (Å²) in [6, 6.07) is 17.5. The number of hydrogen-bond acceptors (Lipinski definition) is 3. The van der Waals surface area contributed by atoms with Crippen molar-refractivity contribution in [2.24, 2.45) is 0 Å². The van der Waals surface area contributed by atoms with E-state index >= 15 is 0 Å². The first-order valence-electron chi connectivity index (χ1n) is 7.27. The highest BCUT2D eigenvalue weighted by molar-refractivity contribution is 6.36. The molecule has 0 heterocycles. The predicted molar refractivity (Wildman–Crippen MR) is 94.7 cm³/mol. The minimum atomic E-state index is -0.508. The lowest BCUT2D eigenvalue weighted by Crippen LogP contribution is -2.15. The monoisotopic (exact) mass is 339 g/mol. The molecule has 0 aliphatic carbocycles. The predicted octanol–water partition coefficient (Wildman–Crippen LogP) is 4.53. The molecule has 0 aliphatic rings. The van der Waals surface area contributed by atoms with E-state index in [0.717, 1.165) is 10.8 Å². The van der Waals surface area contributed by atoms with Gasteiger partial charge in [-0.15, -0.1) is 0 Å². The van der Waals surface area contributed by atoms with Crippen LogP contribution in [0.25, 0.3) is 10.8 Å². The van der Waals surface area contributed by atoms with Crippen molar-refractivity contribution in [2.45, 2.75) is 0 Å². The fourth-order valence-corrected chi connectivity index (χ4v) is 2.78. The van der Waals surface area contributed by atoms with Crippen LogP contribution in [0, 0.1) is 0 Å². The summed E-state index contributed by atoms with van der Waals surface area (Å²) in [6.45, 7) is 0. The summed E-state index contributed by atoms with van der Waals surface area (Å²) in [4.78, 5) is 24.5. The molecule has 0 fully saturated rings. The van der Waals surface area contributed by atoms with Crippen LogP contribution < -0.4 is 5.32 Å². The highest BCUT2D eigenvalue weighted by Crippen LogP contribution is 2.27. The summed E-state index contributed by atoms with van der Waals surface area (Å²) in [7, 11) is 1.30. The number of carbonyl (C=O) groups excluding carboxylic acids is 2. The van der Waals surface area contributed by atoms with Crippen molar-refractivity contribution in [3.05, 3.63) is 76.8 Å². The van der Waals surface area contributed by atoms with Crippen LogP contribution >= 0.6 is 11.6 Å². The van der Waals surface area contributed by atoms with Gasteiger partial charge in [0.1, 0.15) is 0 Å². The van der Waals surface area contributed by atoms with Crippen LogP contribution in [-0.4, -0.2) is 19.0 Å². The van der Waals surface area contributed by atoms with E-state index in [1.807, 2.05) is 12.1 Å². The molecule has 120 valence electrons. The molecule has 0 radical (unpaired) electrons. The molecular weight excluding hydrogens is 326 g/mol. The summed E-state index contributed by atoms with van der Waals surface area (Å²) in [5.74, 6) is -0.828. The Morgan fingerprint density at radius 2 is 1.54 bits per heavy atom. The Kier molecular flexibility index (Phi) is 4.49. The lowest BCUT2D eigenvalue weighted by atomic mass is 10.0. The van der Waals surface area contributed by atoms with Gasteiger partial charge in [0.05, 0.1) is 18.4 Å². The van der Waals surface area contributed by atoms with Gasteiger partial charge in [-0.3, -0.25) is 4.79 Å². The van der Waals surface area contributed by atoms with Crippen molar-refractivity contribution in [1.82, 2.24) is 0 Å². The van der Waals surface area contributed by atoms with Gasteiger partial charge >= 0.3 is 5.97 Å². The normalized spacial score (nSPS) is 10.4. The number of nitrogens with one attached hydrogen (secondary N) is 1. The molecule has 0 saturated carbocycles. The molecule has 0 bridgehead atoms. The van der Waals surface area contributed by atoms with E-state index < -0.39 is 5.97 Å². The van der Waals surface area contributed by atoms with Crippen molar-refractivity contribution < 1.29 is 14.3 Å². The maximum absolute atomic E-state index is 12.7. The summed E-state index contributed by atoms with van der Waals surface area (Å²) in [5.41, 5.74) is 1.18.